The zero-order chi connectivity index (χ0) is 33.2. The number of carbonyl (C=O) groups is 1. The summed E-state index contributed by atoms with van der Waals surface area (Å²) in [6.07, 6.45) is 3.23. The second-order valence-corrected chi connectivity index (χ2v) is 12.8. The van der Waals surface area contributed by atoms with Crippen LogP contribution in [0.5, 0.6) is 5.88 Å². The van der Waals surface area contributed by atoms with Crippen molar-refractivity contribution in [2.75, 3.05) is 13.7 Å². The van der Waals surface area contributed by atoms with Crippen molar-refractivity contribution in [1.82, 2.24) is 35.1 Å². The first-order valence-electron chi connectivity index (χ1n) is 15.6. The summed E-state index contributed by atoms with van der Waals surface area (Å²) in [7, 11) is 3.33. The number of benzene rings is 2. The SMILES string of the molecule is COc1nc(-c2cccc(-c3cccc(-c4cc5c(=O)n(C)c(CNC(C)C)nn5c4)c3Cl)c2Cl)ccc1CNCC1CCC(=O)N1. The first-order valence-corrected chi connectivity index (χ1v) is 16.3. The summed E-state index contributed by atoms with van der Waals surface area (Å²) >= 11 is 14.2. The monoisotopic (exact) mass is 673 g/mol. The van der Waals surface area contributed by atoms with E-state index in [0.29, 0.717) is 59.0 Å². The van der Waals surface area contributed by atoms with E-state index in [-0.39, 0.29) is 23.6 Å². The van der Waals surface area contributed by atoms with Crippen LogP contribution < -0.4 is 26.2 Å². The predicted molar refractivity (Wildman–Crippen MR) is 186 cm³/mol. The van der Waals surface area contributed by atoms with E-state index < -0.39 is 0 Å². The Balaban J connectivity index is 1.29. The van der Waals surface area contributed by atoms with E-state index in [1.165, 1.54) is 0 Å². The van der Waals surface area contributed by atoms with Crippen molar-refractivity contribution < 1.29 is 9.53 Å². The third-order valence-corrected chi connectivity index (χ3v) is 9.22. The highest BCUT2D eigenvalue weighted by Crippen LogP contribution is 2.42. The lowest BCUT2D eigenvalue weighted by molar-refractivity contribution is -0.119. The van der Waals surface area contributed by atoms with Gasteiger partial charge in [0.2, 0.25) is 11.8 Å². The maximum absolute atomic E-state index is 13.2. The number of pyridine rings is 1. The van der Waals surface area contributed by atoms with E-state index in [2.05, 4.69) is 16.0 Å². The van der Waals surface area contributed by atoms with E-state index in [0.717, 1.165) is 39.8 Å². The lowest BCUT2D eigenvalue weighted by atomic mass is 9.97. The number of rotatable bonds is 11. The lowest BCUT2D eigenvalue weighted by Crippen LogP contribution is -2.35. The Hall–Kier alpha value is -4.22. The highest BCUT2D eigenvalue weighted by Gasteiger charge is 2.21. The first kappa shape index (κ1) is 32.7. The van der Waals surface area contributed by atoms with E-state index in [1.54, 1.807) is 23.2 Å². The molecule has 5 aromatic rings. The van der Waals surface area contributed by atoms with Gasteiger partial charge in [0.1, 0.15) is 11.3 Å². The van der Waals surface area contributed by atoms with E-state index in [1.807, 2.05) is 74.6 Å². The average molecular weight is 675 g/mol. The fourth-order valence-electron chi connectivity index (χ4n) is 5.81. The van der Waals surface area contributed by atoms with Gasteiger partial charge in [-0.3, -0.25) is 14.2 Å². The normalized spacial score (nSPS) is 14.7. The summed E-state index contributed by atoms with van der Waals surface area (Å²) in [5.41, 5.74) is 5.65. The van der Waals surface area contributed by atoms with Crippen LogP contribution in [0.25, 0.3) is 39.0 Å². The zero-order valence-electron chi connectivity index (χ0n) is 26.7. The van der Waals surface area contributed by atoms with Crippen LogP contribution in [0.3, 0.4) is 0 Å². The summed E-state index contributed by atoms with van der Waals surface area (Å²) in [5, 5.41) is 15.4. The lowest BCUT2D eigenvalue weighted by Gasteiger charge is -2.15. The molecule has 47 heavy (non-hydrogen) atoms. The van der Waals surface area contributed by atoms with Gasteiger partial charge in [0.05, 0.1) is 29.4 Å². The van der Waals surface area contributed by atoms with Gasteiger partial charge in [0.25, 0.3) is 5.56 Å². The molecule has 10 nitrogen and oxygen atoms in total. The van der Waals surface area contributed by atoms with Gasteiger partial charge in [-0.05, 0) is 18.6 Å². The molecule has 2 aromatic carbocycles. The molecule has 12 heteroatoms. The Kier molecular flexibility index (Phi) is 9.65. The average Bonchev–Trinajstić information content (AvgIpc) is 3.68. The number of methoxy groups -OCH3 is 1. The largest absolute Gasteiger partial charge is 0.481 e. The van der Waals surface area contributed by atoms with Gasteiger partial charge in [-0.25, -0.2) is 9.50 Å². The molecule has 1 fully saturated rings. The molecule has 0 spiro atoms. The topological polar surface area (TPSA) is 115 Å². The van der Waals surface area contributed by atoms with Crippen LogP contribution in [0.15, 0.2) is 65.6 Å². The van der Waals surface area contributed by atoms with Crippen molar-refractivity contribution in [2.24, 2.45) is 7.05 Å². The van der Waals surface area contributed by atoms with Gasteiger partial charge >= 0.3 is 0 Å². The van der Waals surface area contributed by atoms with Crippen LogP contribution >= 0.6 is 23.2 Å². The Morgan fingerprint density at radius 2 is 1.70 bits per heavy atom. The Morgan fingerprint density at radius 3 is 2.38 bits per heavy atom. The number of hydrogen-bond donors (Lipinski definition) is 3. The molecule has 0 saturated carbocycles. The number of nitrogens with one attached hydrogen (secondary N) is 3. The molecule has 1 atom stereocenters. The fourth-order valence-corrected chi connectivity index (χ4v) is 6.48. The molecule has 3 N–H and O–H groups in total. The number of amides is 1. The van der Waals surface area contributed by atoms with Crippen molar-refractivity contribution in [2.45, 2.75) is 51.9 Å². The van der Waals surface area contributed by atoms with Gasteiger partial charge in [0.15, 0.2) is 0 Å². The molecular formula is C35H37Cl2N7O3. The third kappa shape index (κ3) is 6.78. The van der Waals surface area contributed by atoms with Crippen LogP contribution in [-0.4, -0.2) is 50.8 Å². The Labute approximate surface area is 283 Å². The molecule has 0 aliphatic carbocycles. The number of aromatic nitrogens is 4. The highest BCUT2D eigenvalue weighted by molar-refractivity contribution is 6.39. The van der Waals surface area contributed by atoms with Crippen LogP contribution in [-0.2, 0) is 24.9 Å². The number of halogens is 2. The van der Waals surface area contributed by atoms with Crippen LogP contribution in [0.4, 0.5) is 0 Å². The van der Waals surface area contributed by atoms with Crippen LogP contribution in [0, 0.1) is 0 Å². The minimum Gasteiger partial charge on any atom is -0.481 e. The highest BCUT2D eigenvalue weighted by atomic mass is 35.5. The molecule has 1 aliphatic rings. The zero-order valence-corrected chi connectivity index (χ0v) is 28.2. The first-order chi connectivity index (χ1) is 22.6. The Bertz CT molecular complexity index is 2020. The quantitative estimate of drug-likeness (QED) is 0.167. The molecule has 0 bridgehead atoms. The van der Waals surface area contributed by atoms with Gasteiger partial charge in [-0.1, -0.05) is 79.5 Å². The number of nitrogens with zero attached hydrogens (tertiary/aromatic N) is 4. The molecule has 3 aromatic heterocycles. The van der Waals surface area contributed by atoms with Crippen LogP contribution in [0.1, 0.15) is 38.1 Å². The van der Waals surface area contributed by atoms with Crippen molar-refractivity contribution in [3.8, 4) is 39.4 Å². The van der Waals surface area contributed by atoms with Crippen LogP contribution in [0.2, 0.25) is 10.0 Å². The second-order valence-electron chi connectivity index (χ2n) is 12.0. The maximum atomic E-state index is 13.2. The van der Waals surface area contributed by atoms with Gasteiger partial charge in [-0.2, -0.15) is 5.10 Å². The van der Waals surface area contributed by atoms with Crippen molar-refractivity contribution >= 4 is 34.6 Å². The van der Waals surface area contributed by atoms with Gasteiger partial charge < -0.3 is 20.7 Å². The predicted octanol–water partition coefficient (Wildman–Crippen LogP) is 5.61. The Morgan fingerprint density at radius 1 is 1.00 bits per heavy atom. The number of fused-ring (bicyclic) bond motifs is 1. The summed E-state index contributed by atoms with van der Waals surface area (Å²) < 4.78 is 8.83. The van der Waals surface area contributed by atoms with Gasteiger partial charge in [0, 0.05) is 78.2 Å². The summed E-state index contributed by atoms with van der Waals surface area (Å²) in [5.74, 6) is 1.23. The molecule has 4 heterocycles. The minimum absolute atomic E-state index is 0.0967. The summed E-state index contributed by atoms with van der Waals surface area (Å²) in [6.45, 7) is 5.79. The van der Waals surface area contributed by atoms with Gasteiger partial charge in [-0.15, -0.1) is 0 Å². The molecule has 1 aliphatic heterocycles. The number of hydrogen-bond acceptors (Lipinski definition) is 7. The van der Waals surface area contributed by atoms with E-state index in [4.69, 9.17) is 38.0 Å². The molecule has 0 radical (unpaired) electrons. The molecular weight excluding hydrogens is 637 g/mol. The molecule has 244 valence electrons. The summed E-state index contributed by atoms with van der Waals surface area (Å²) in [6, 6.07) is 17.6. The molecule has 1 amide bonds. The van der Waals surface area contributed by atoms with E-state index >= 15 is 0 Å². The van der Waals surface area contributed by atoms with Crippen molar-refractivity contribution in [3.05, 3.63) is 92.6 Å². The molecule has 6 rings (SSSR count). The maximum Gasteiger partial charge on any atom is 0.277 e. The number of ether oxygens (including phenoxy) is 1. The molecule has 1 unspecified atom stereocenters. The second kappa shape index (κ2) is 13.9. The van der Waals surface area contributed by atoms with Crippen molar-refractivity contribution in [1.29, 1.82) is 0 Å². The third-order valence-electron chi connectivity index (χ3n) is 8.40. The summed E-state index contributed by atoms with van der Waals surface area (Å²) in [4.78, 5) is 29.5. The van der Waals surface area contributed by atoms with Crippen molar-refractivity contribution in [3.63, 3.8) is 0 Å². The molecule has 1 saturated heterocycles. The smallest absolute Gasteiger partial charge is 0.277 e. The fraction of sp³-hybridized carbons (Fsp3) is 0.314. The van der Waals surface area contributed by atoms with E-state index in [9.17, 15) is 9.59 Å². The number of carbonyl (C=O) groups excluding carboxylic acids is 1. The minimum atomic E-state index is -0.137. The standard InChI is InChI=1S/C35H37Cl2N7O3/c1-20(2)39-18-30-42-44-19-22(15-29(44)35(46)43(30)3)24-7-5-8-25(32(24)36)26-9-6-10-27(33(26)37)28-13-11-21(34(41-28)47-4)16-38-17-23-12-14-31(45)40-23/h5-11,13,15,19-20,23,38-39H,12,14,16-18H2,1-4H3,(H,40,45).